The van der Waals surface area contributed by atoms with E-state index >= 15 is 0 Å². The highest BCUT2D eigenvalue weighted by Crippen LogP contribution is 2.17. The largest absolute Gasteiger partial charge is 0.491 e. The van der Waals surface area contributed by atoms with Crippen molar-refractivity contribution in [2.45, 2.75) is 12.6 Å². The summed E-state index contributed by atoms with van der Waals surface area (Å²) in [7, 11) is 0. The molecule has 9 heteroatoms. The second kappa shape index (κ2) is 6.06. The monoisotopic (exact) mass is 282 g/mol. The second-order valence-corrected chi connectivity index (χ2v) is 3.90. The van der Waals surface area contributed by atoms with Crippen LogP contribution in [-0.4, -0.2) is 49.1 Å². The highest BCUT2D eigenvalue weighted by Gasteiger charge is 2.12. The average Bonchev–Trinajstić information content (AvgIpc) is 2.89. The maximum Gasteiger partial charge on any atom is 0.338 e. The Labute approximate surface area is 112 Å². The lowest BCUT2D eigenvalue weighted by molar-refractivity contribution is 0.0690. The van der Waals surface area contributed by atoms with Crippen LogP contribution in [0.3, 0.4) is 0 Å². The molecule has 0 aliphatic heterocycles. The molecule has 1 aromatic heterocycles. The van der Waals surface area contributed by atoms with E-state index in [9.17, 15) is 14.3 Å². The molecule has 1 atom stereocenters. The van der Waals surface area contributed by atoms with E-state index in [1.54, 1.807) is 0 Å². The third kappa shape index (κ3) is 3.48. The van der Waals surface area contributed by atoms with Gasteiger partial charge in [-0.1, -0.05) is 0 Å². The summed E-state index contributed by atoms with van der Waals surface area (Å²) in [4.78, 5) is 11.8. The molecule has 0 saturated carbocycles. The smallest absolute Gasteiger partial charge is 0.338 e. The Kier molecular flexibility index (Phi) is 4.20. The van der Waals surface area contributed by atoms with Crippen LogP contribution in [0.1, 0.15) is 10.4 Å². The molecular weight excluding hydrogens is 271 g/mol. The first-order valence-electron chi connectivity index (χ1n) is 5.60. The molecule has 0 aliphatic rings. The molecule has 0 spiro atoms. The van der Waals surface area contributed by atoms with E-state index in [1.165, 1.54) is 17.2 Å². The summed E-state index contributed by atoms with van der Waals surface area (Å²) in [6.07, 6.45) is 0.319. The molecule has 106 valence electrons. The molecule has 2 aromatic rings. The number of carboxylic acid groups (broad SMARTS) is 1. The number of hydrogen-bond donors (Lipinski definition) is 2. The van der Waals surface area contributed by atoms with Crippen molar-refractivity contribution in [3.63, 3.8) is 0 Å². The van der Waals surface area contributed by atoms with Crippen molar-refractivity contribution in [1.29, 1.82) is 0 Å². The molecule has 8 nitrogen and oxygen atoms in total. The third-order valence-corrected chi connectivity index (χ3v) is 2.38. The van der Waals surface area contributed by atoms with Crippen LogP contribution in [-0.2, 0) is 6.54 Å². The van der Waals surface area contributed by atoms with Gasteiger partial charge in [-0.2, -0.15) is 4.80 Å². The Bertz CT molecular complexity index is 590. The zero-order valence-electron chi connectivity index (χ0n) is 10.2. The van der Waals surface area contributed by atoms with Gasteiger partial charge in [0.1, 0.15) is 24.3 Å². The Morgan fingerprint density at radius 1 is 1.50 bits per heavy atom. The quantitative estimate of drug-likeness (QED) is 0.764. The molecule has 0 amide bonds. The van der Waals surface area contributed by atoms with Crippen LogP contribution in [0.15, 0.2) is 24.5 Å². The molecule has 2 N–H and O–H groups in total. The van der Waals surface area contributed by atoms with Crippen LogP contribution in [0.4, 0.5) is 4.39 Å². The summed E-state index contributed by atoms with van der Waals surface area (Å²) < 4.78 is 18.5. The van der Waals surface area contributed by atoms with Crippen molar-refractivity contribution in [3.05, 3.63) is 35.9 Å². The number of aromatic nitrogens is 4. The third-order valence-electron chi connectivity index (χ3n) is 2.38. The van der Waals surface area contributed by atoms with Crippen LogP contribution in [0.5, 0.6) is 5.75 Å². The maximum atomic E-state index is 13.4. The van der Waals surface area contributed by atoms with E-state index in [4.69, 9.17) is 9.84 Å². The van der Waals surface area contributed by atoms with E-state index in [1.807, 2.05) is 0 Å². The van der Waals surface area contributed by atoms with Crippen LogP contribution >= 0.6 is 0 Å². The fourth-order valence-electron chi connectivity index (χ4n) is 1.46. The van der Waals surface area contributed by atoms with Gasteiger partial charge in [-0.25, -0.2) is 9.18 Å². The number of aliphatic hydroxyl groups excluding tert-OH is 1. The lowest BCUT2D eigenvalue weighted by Crippen LogP contribution is -2.25. The summed E-state index contributed by atoms with van der Waals surface area (Å²) in [6.45, 7) is -0.0386. The molecular formula is C11H11FN4O4. The molecule has 0 unspecified atom stereocenters. The minimum Gasteiger partial charge on any atom is -0.491 e. The Morgan fingerprint density at radius 2 is 2.30 bits per heavy atom. The van der Waals surface area contributed by atoms with Crippen molar-refractivity contribution in [3.8, 4) is 5.75 Å². The van der Waals surface area contributed by atoms with Gasteiger partial charge in [0.2, 0.25) is 0 Å². The number of carbonyl (C=O) groups is 1. The SMILES string of the molecule is O=C(O)c1ccc(OC[C@@H](O)Cn2ncnn2)cc1F. The molecule has 0 bridgehead atoms. The van der Waals surface area contributed by atoms with Crippen molar-refractivity contribution < 1.29 is 24.1 Å². The molecule has 2 rings (SSSR count). The zero-order valence-corrected chi connectivity index (χ0v) is 10.2. The number of aromatic carboxylic acids is 1. The van der Waals surface area contributed by atoms with Gasteiger partial charge in [0.05, 0.1) is 12.1 Å². The van der Waals surface area contributed by atoms with Gasteiger partial charge < -0.3 is 14.9 Å². The van der Waals surface area contributed by atoms with Crippen molar-refractivity contribution in [2.75, 3.05) is 6.61 Å². The van der Waals surface area contributed by atoms with Gasteiger partial charge in [0.25, 0.3) is 0 Å². The Hall–Kier alpha value is -2.55. The number of benzene rings is 1. The molecule has 0 saturated heterocycles. The van der Waals surface area contributed by atoms with Gasteiger partial charge in [0, 0.05) is 6.07 Å². The summed E-state index contributed by atoms with van der Waals surface area (Å²) >= 11 is 0. The van der Waals surface area contributed by atoms with E-state index < -0.39 is 23.5 Å². The van der Waals surface area contributed by atoms with Crippen LogP contribution in [0, 0.1) is 5.82 Å². The van der Waals surface area contributed by atoms with Gasteiger partial charge >= 0.3 is 5.97 Å². The first-order chi connectivity index (χ1) is 9.56. The first kappa shape index (κ1) is 13.9. The fraction of sp³-hybridized carbons (Fsp3) is 0.273. The lowest BCUT2D eigenvalue weighted by atomic mass is 10.2. The van der Waals surface area contributed by atoms with Crippen molar-refractivity contribution in [1.82, 2.24) is 20.2 Å². The highest BCUT2D eigenvalue weighted by molar-refractivity contribution is 5.88. The standard InChI is InChI=1S/C11H11FN4O4/c12-10-3-8(1-2-9(10)11(18)19)20-5-7(17)4-16-14-6-13-15-16/h1-3,6-7,17H,4-5H2,(H,18,19)/t7-/m0/s1. The molecule has 0 radical (unpaired) electrons. The van der Waals surface area contributed by atoms with Crippen molar-refractivity contribution in [2.24, 2.45) is 0 Å². The van der Waals surface area contributed by atoms with E-state index in [0.29, 0.717) is 0 Å². The molecule has 0 fully saturated rings. The van der Waals surface area contributed by atoms with E-state index in [2.05, 4.69) is 15.4 Å². The number of rotatable bonds is 6. The van der Waals surface area contributed by atoms with Gasteiger partial charge in [0.15, 0.2) is 6.33 Å². The molecule has 0 aliphatic carbocycles. The zero-order chi connectivity index (χ0) is 14.5. The number of carboxylic acids is 1. The van der Waals surface area contributed by atoms with E-state index in [0.717, 1.165) is 12.1 Å². The van der Waals surface area contributed by atoms with Gasteiger partial charge in [-0.15, -0.1) is 10.2 Å². The molecule has 20 heavy (non-hydrogen) atoms. The van der Waals surface area contributed by atoms with Crippen molar-refractivity contribution >= 4 is 5.97 Å². The molecule has 1 heterocycles. The average molecular weight is 282 g/mol. The maximum absolute atomic E-state index is 13.4. The number of halogens is 1. The van der Waals surface area contributed by atoms with Gasteiger partial charge in [-0.05, 0) is 17.3 Å². The summed E-state index contributed by atoms with van der Waals surface area (Å²) in [5, 5.41) is 29.1. The minimum atomic E-state index is -1.36. The topological polar surface area (TPSA) is 110 Å². The normalized spacial score (nSPS) is 12.1. The van der Waals surface area contributed by atoms with Gasteiger partial charge in [-0.3, -0.25) is 0 Å². The fourth-order valence-corrected chi connectivity index (χ4v) is 1.46. The predicted molar refractivity (Wildman–Crippen MR) is 62.7 cm³/mol. The summed E-state index contributed by atoms with van der Waals surface area (Å²) in [5.74, 6) is -2.13. The highest BCUT2D eigenvalue weighted by atomic mass is 19.1. The predicted octanol–water partition coefficient (Wildman–Crippen LogP) is -0.0497. The van der Waals surface area contributed by atoms with Crippen LogP contribution in [0.2, 0.25) is 0 Å². The summed E-state index contributed by atoms with van der Waals surface area (Å²) in [5.41, 5.74) is -0.440. The summed E-state index contributed by atoms with van der Waals surface area (Å²) in [6, 6.07) is 3.36. The Balaban J connectivity index is 1.90. The minimum absolute atomic E-state index is 0.0791. The number of tetrazole rings is 1. The number of hydrogen-bond acceptors (Lipinski definition) is 6. The number of ether oxygens (including phenoxy) is 1. The number of aliphatic hydroxyl groups is 1. The second-order valence-electron chi connectivity index (χ2n) is 3.90. The van der Waals surface area contributed by atoms with Crippen LogP contribution in [0.25, 0.3) is 0 Å². The number of nitrogens with zero attached hydrogens (tertiary/aromatic N) is 4. The first-order valence-corrected chi connectivity index (χ1v) is 5.60. The lowest BCUT2D eigenvalue weighted by Gasteiger charge is -2.11. The van der Waals surface area contributed by atoms with E-state index in [-0.39, 0.29) is 18.9 Å². The Morgan fingerprint density at radius 3 is 2.90 bits per heavy atom. The molecule has 1 aromatic carbocycles. The van der Waals surface area contributed by atoms with Crippen LogP contribution < -0.4 is 4.74 Å².